The van der Waals surface area contributed by atoms with Crippen LogP contribution in [0.4, 0.5) is 5.69 Å². The molecule has 0 unspecified atom stereocenters. The number of carbonyl (C=O) groups is 3. The first-order chi connectivity index (χ1) is 13.9. The minimum absolute atomic E-state index is 0.191. The number of fused-ring (bicyclic) bond motifs is 1. The molecular weight excluding hydrogens is 366 g/mol. The Kier molecular flexibility index (Phi) is 6.32. The zero-order valence-electron chi connectivity index (χ0n) is 17.1. The van der Waals surface area contributed by atoms with Gasteiger partial charge in [-0.05, 0) is 36.6 Å². The van der Waals surface area contributed by atoms with Gasteiger partial charge in [-0.1, -0.05) is 44.2 Å². The summed E-state index contributed by atoms with van der Waals surface area (Å²) in [6.07, 6.45) is 0.754. The van der Waals surface area contributed by atoms with Gasteiger partial charge in [-0.25, -0.2) is 0 Å². The van der Waals surface area contributed by atoms with E-state index in [1.54, 1.807) is 24.3 Å². The molecule has 1 aliphatic heterocycles. The molecule has 0 fully saturated rings. The largest absolute Gasteiger partial charge is 0.375 e. The molecule has 1 N–H and O–H groups in total. The highest BCUT2D eigenvalue weighted by Crippen LogP contribution is 2.27. The molecule has 0 saturated heterocycles. The number of anilines is 1. The third-order valence-corrected chi connectivity index (χ3v) is 5.17. The van der Waals surface area contributed by atoms with Gasteiger partial charge in [-0.3, -0.25) is 19.3 Å². The minimum Gasteiger partial charge on any atom is -0.375 e. The molecule has 0 radical (unpaired) electrons. The second kappa shape index (κ2) is 8.90. The van der Waals surface area contributed by atoms with Crippen molar-refractivity contribution in [1.82, 2.24) is 10.2 Å². The summed E-state index contributed by atoms with van der Waals surface area (Å²) in [5, 5.41) is 2.90. The van der Waals surface area contributed by atoms with E-state index >= 15 is 0 Å². The van der Waals surface area contributed by atoms with Gasteiger partial charge in [0.25, 0.3) is 11.8 Å². The summed E-state index contributed by atoms with van der Waals surface area (Å²) < 4.78 is 0. The number of amides is 3. The quantitative estimate of drug-likeness (QED) is 0.553. The fraction of sp³-hybridized carbons (Fsp3) is 0.348. The van der Waals surface area contributed by atoms with Gasteiger partial charge in [-0.2, -0.15) is 0 Å². The van der Waals surface area contributed by atoms with Gasteiger partial charge in [0.15, 0.2) is 0 Å². The molecule has 0 aromatic heterocycles. The van der Waals surface area contributed by atoms with Crippen LogP contribution in [0, 0.1) is 5.92 Å². The van der Waals surface area contributed by atoms with E-state index in [2.05, 4.69) is 10.2 Å². The highest BCUT2D eigenvalue weighted by Gasteiger charge is 2.43. The SMILES string of the molecule is CC(C)[C@@H](C(=O)NCCCN(C)c1ccccc1)N1C(=O)c2ccccc2C1=O. The lowest BCUT2D eigenvalue weighted by Crippen LogP contribution is -2.52. The summed E-state index contributed by atoms with van der Waals surface area (Å²) in [5.74, 6) is -1.28. The summed E-state index contributed by atoms with van der Waals surface area (Å²) in [6.45, 7) is 4.94. The molecule has 2 aromatic carbocycles. The van der Waals surface area contributed by atoms with Crippen LogP contribution in [0.1, 0.15) is 41.0 Å². The Morgan fingerprint density at radius 1 is 0.966 bits per heavy atom. The van der Waals surface area contributed by atoms with E-state index in [0.29, 0.717) is 17.7 Å². The monoisotopic (exact) mass is 393 g/mol. The number of carbonyl (C=O) groups excluding carboxylic acids is 3. The number of nitrogens with zero attached hydrogens (tertiary/aromatic N) is 2. The number of para-hydroxylation sites is 1. The van der Waals surface area contributed by atoms with E-state index in [-0.39, 0.29) is 11.8 Å². The first kappa shape index (κ1) is 20.6. The van der Waals surface area contributed by atoms with Crippen molar-refractivity contribution in [2.75, 3.05) is 25.0 Å². The van der Waals surface area contributed by atoms with Crippen LogP contribution in [0.15, 0.2) is 54.6 Å². The van der Waals surface area contributed by atoms with Crippen LogP contribution in [-0.4, -0.2) is 48.8 Å². The average molecular weight is 393 g/mol. The van der Waals surface area contributed by atoms with E-state index in [1.807, 2.05) is 51.2 Å². The number of nitrogens with one attached hydrogen (secondary N) is 1. The van der Waals surface area contributed by atoms with Crippen molar-refractivity contribution in [2.45, 2.75) is 26.3 Å². The van der Waals surface area contributed by atoms with Crippen molar-refractivity contribution < 1.29 is 14.4 Å². The molecule has 0 spiro atoms. The molecule has 2 aromatic rings. The van der Waals surface area contributed by atoms with Crippen LogP contribution >= 0.6 is 0 Å². The molecular formula is C23H27N3O3. The van der Waals surface area contributed by atoms with E-state index in [9.17, 15) is 14.4 Å². The third kappa shape index (κ3) is 4.31. The molecule has 1 atom stereocenters. The molecule has 3 amide bonds. The highest BCUT2D eigenvalue weighted by molar-refractivity contribution is 6.22. The third-order valence-electron chi connectivity index (χ3n) is 5.17. The molecule has 1 aliphatic rings. The normalized spacial score (nSPS) is 14.1. The number of imide groups is 1. The van der Waals surface area contributed by atoms with Gasteiger partial charge in [0.1, 0.15) is 6.04 Å². The Hall–Kier alpha value is -3.15. The second-order valence-electron chi connectivity index (χ2n) is 7.62. The van der Waals surface area contributed by atoms with Gasteiger partial charge in [0, 0.05) is 25.8 Å². The first-order valence-electron chi connectivity index (χ1n) is 9.92. The molecule has 1 heterocycles. The van der Waals surface area contributed by atoms with Gasteiger partial charge in [0.2, 0.25) is 5.91 Å². The van der Waals surface area contributed by atoms with Gasteiger partial charge < -0.3 is 10.2 Å². The molecule has 29 heavy (non-hydrogen) atoms. The predicted molar refractivity (Wildman–Crippen MR) is 113 cm³/mol. The van der Waals surface area contributed by atoms with Gasteiger partial charge >= 0.3 is 0 Å². The maximum atomic E-state index is 12.9. The van der Waals surface area contributed by atoms with Crippen molar-refractivity contribution in [1.29, 1.82) is 0 Å². The first-order valence-corrected chi connectivity index (χ1v) is 9.92. The molecule has 6 heteroatoms. The van der Waals surface area contributed by atoms with E-state index in [4.69, 9.17) is 0 Å². The van der Waals surface area contributed by atoms with Crippen LogP contribution in [0.5, 0.6) is 0 Å². The lowest BCUT2D eigenvalue weighted by molar-refractivity contribution is -0.126. The predicted octanol–water partition coefficient (Wildman–Crippen LogP) is 2.95. The number of hydrogen-bond donors (Lipinski definition) is 1. The molecule has 6 nitrogen and oxygen atoms in total. The number of rotatable bonds is 8. The zero-order valence-corrected chi connectivity index (χ0v) is 17.1. The van der Waals surface area contributed by atoms with Crippen molar-refractivity contribution in [2.24, 2.45) is 5.92 Å². The summed E-state index contributed by atoms with van der Waals surface area (Å²) in [5.41, 5.74) is 1.84. The maximum Gasteiger partial charge on any atom is 0.262 e. The van der Waals surface area contributed by atoms with Crippen molar-refractivity contribution in [3.63, 3.8) is 0 Å². The summed E-state index contributed by atoms with van der Waals surface area (Å²) in [6, 6.07) is 15.9. The van der Waals surface area contributed by atoms with E-state index in [0.717, 1.165) is 23.6 Å². The summed E-state index contributed by atoms with van der Waals surface area (Å²) in [7, 11) is 2.01. The Labute approximate surface area is 171 Å². The number of benzene rings is 2. The minimum atomic E-state index is -0.825. The van der Waals surface area contributed by atoms with Gasteiger partial charge in [-0.15, -0.1) is 0 Å². The zero-order chi connectivity index (χ0) is 21.0. The van der Waals surface area contributed by atoms with Crippen LogP contribution in [0.25, 0.3) is 0 Å². The average Bonchev–Trinajstić information content (AvgIpc) is 2.97. The molecule has 0 aliphatic carbocycles. The van der Waals surface area contributed by atoms with Crippen LogP contribution in [0.3, 0.4) is 0 Å². The fourth-order valence-corrected chi connectivity index (χ4v) is 3.62. The van der Waals surface area contributed by atoms with Crippen LogP contribution in [0.2, 0.25) is 0 Å². The lowest BCUT2D eigenvalue weighted by Gasteiger charge is -2.28. The summed E-state index contributed by atoms with van der Waals surface area (Å²) in [4.78, 5) is 41.6. The van der Waals surface area contributed by atoms with Crippen LogP contribution < -0.4 is 10.2 Å². The van der Waals surface area contributed by atoms with Crippen molar-refractivity contribution in [3.8, 4) is 0 Å². The molecule has 0 saturated carbocycles. The second-order valence-corrected chi connectivity index (χ2v) is 7.62. The molecule has 152 valence electrons. The smallest absolute Gasteiger partial charge is 0.262 e. The fourth-order valence-electron chi connectivity index (χ4n) is 3.62. The number of hydrogen-bond acceptors (Lipinski definition) is 4. The Bertz CT molecular complexity index is 860. The standard InChI is InChI=1S/C23H27N3O3/c1-16(2)20(26-22(28)18-12-7-8-13-19(18)23(26)29)21(27)24-14-9-15-25(3)17-10-5-4-6-11-17/h4-8,10-13,16,20H,9,14-15H2,1-3H3,(H,24,27)/t20-/m0/s1. The highest BCUT2D eigenvalue weighted by atomic mass is 16.2. The van der Waals surface area contributed by atoms with Crippen molar-refractivity contribution in [3.05, 3.63) is 65.7 Å². The molecule has 0 bridgehead atoms. The Morgan fingerprint density at radius 3 is 2.07 bits per heavy atom. The Balaban J connectivity index is 1.59. The van der Waals surface area contributed by atoms with E-state index in [1.165, 1.54) is 0 Å². The van der Waals surface area contributed by atoms with Gasteiger partial charge in [0.05, 0.1) is 11.1 Å². The van der Waals surface area contributed by atoms with E-state index < -0.39 is 17.9 Å². The molecule has 3 rings (SSSR count). The van der Waals surface area contributed by atoms with Crippen molar-refractivity contribution >= 4 is 23.4 Å². The lowest BCUT2D eigenvalue weighted by atomic mass is 10.0. The van der Waals surface area contributed by atoms with Crippen LogP contribution in [-0.2, 0) is 4.79 Å². The maximum absolute atomic E-state index is 12.9. The summed E-state index contributed by atoms with van der Waals surface area (Å²) >= 11 is 0. The Morgan fingerprint density at radius 2 is 1.52 bits per heavy atom. The topological polar surface area (TPSA) is 69.7 Å².